The summed E-state index contributed by atoms with van der Waals surface area (Å²) in [6.07, 6.45) is 1.55. The summed E-state index contributed by atoms with van der Waals surface area (Å²) in [6.45, 7) is 5.50. The average Bonchev–Trinajstić information content (AvgIpc) is 2.81. The van der Waals surface area contributed by atoms with E-state index < -0.39 is 11.8 Å². The van der Waals surface area contributed by atoms with Crippen LogP contribution in [0.3, 0.4) is 0 Å². The molecular weight excluding hydrogens is 332 g/mol. The van der Waals surface area contributed by atoms with Crippen LogP contribution in [0.1, 0.15) is 5.69 Å². The predicted molar refractivity (Wildman–Crippen MR) is 82.5 cm³/mol. The molecule has 1 amide bonds. The Labute approximate surface area is 136 Å². The monoisotopic (exact) mass is 343 g/mol. The molecule has 1 aromatic carbocycles. The van der Waals surface area contributed by atoms with E-state index in [1.165, 1.54) is 6.07 Å². The van der Waals surface area contributed by atoms with Crippen LogP contribution in [0.2, 0.25) is 10.0 Å². The van der Waals surface area contributed by atoms with Gasteiger partial charge in [0.05, 0.1) is 15.7 Å². The van der Waals surface area contributed by atoms with Crippen LogP contribution in [-0.4, -0.2) is 22.4 Å². The smallest absolute Gasteiger partial charge is 0.342 e. The lowest BCUT2D eigenvalue weighted by molar-refractivity contribution is 0.239. The van der Waals surface area contributed by atoms with Crippen molar-refractivity contribution in [3.8, 4) is 11.6 Å². The molecule has 0 saturated carbocycles. The lowest BCUT2D eigenvalue weighted by atomic mass is 10.3. The molecule has 2 aromatic rings. The Morgan fingerprint density at radius 1 is 1.45 bits per heavy atom. The van der Waals surface area contributed by atoms with Gasteiger partial charge in [0.25, 0.3) is 0 Å². The minimum Gasteiger partial charge on any atom is -0.434 e. The van der Waals surface area contributed by atoms with E-state index in [2.05, 4.69) is 17.0 Å². The summed E-state index contributed by atoms with van der Waals surface area (Å²) in [5.41, 5.74) is 0.547. The molecule has 1 heterocycles. The fraction of sp³-hybridized carbons (Fsp3) is 0.143. The maximum atomic E-state index is 13.1. The Morgan fingerprint density at radius 3 is 2.68 bits per heavy atom. The lowest BCUT2D eigenvalue weighted by Crippen LogP contribution is -2.30. The molecule has 0 bridgehead atoms. The van der Waals surface area contributed by atoms with Crippen LogP contribution < -0.4 is 10.1 Å². The summed E-state index contributed by atoms with van der Waals surface area (Å²) in [6, 6.07) is 3.25. The van der Waals surface area contributed by atoms with Gasteiger partial charge in [0, 0.05) is 12.6 Å². The Balaban J connectivity index is 2.25. The summed E-state index contributed by atoms with van der Waals surface area (Å²) in [7, 11) is 0. The molecule has 0 atom stereocenters. The number of halogens is 3. The third-order valence-corrected chi connectivity index (χ3v) is 3.19. The molecule has 0 radical (unpaired) electrons. The molecule has 0 saturated heterocycles. The van der Waals surface area contributed by atoms with E-state index in [1.807, 2.05) is 0 Å². The number of ether oxygens (including phenoxy) is 1. The van der Waals surface area contributed by atoms with Gasteiger partial charge in [0.1, 0.15) is 5.82 Å². The molecule has 22 heavy (non-hydrogen) atoms. The highest BCUT2D eigenvalue weighted by Gasteiger charge is 2.16. The highest BCUT2D eigenvalue weighted by Crippen LogP contribution is 2.36. The number of nitrogens with one attached hydrogen (secondary N) is 1. The number of nitrogens with zero attached hydrogens (tertiary/aromatic N) is 2. The zero-order chi connectivity index (χ0) is 16.3. The predicted octanol–water partition coefficient (Wildman–Crippen LogP) is 4.17. The van der Waals surface area contributed by atoms with Crippen molar-refractivity contribution in [3.05, 3.63) is 52.4 Å². The zero-order valence-corrected chi connectivity index (χ0v) is 13.1. The molecule has 116 valence electrons. The zero-order valence-electron chi connectivity index (χ0n) is 11.6. The first-order chi connectivity index (χ1) is 10.4. The number of carbonyl (C=O) groups excluding carboxylic acids is 1. The van der Waals surface area contributed by atoms with Gasteiger partial charge in [-0.2, -0.15) is 4.68 Å². The standard InChI is InChI=1S/C14H12Cl2FN3O2/c1-3-4-18-14(21)20-8(2)5-12(19-20)22-13-10(15)6-9(17)7-11(13)16/h3,5-7H,1,4H2,2H3,(H,18,21). The molecule has 5 nitrogen and oxygen atoms in total. The second kappa shape index (κ2) is 6.81. The molecule has 0 aliphatic rings. The number of hydrogen-bond donors (Lipinski definition) is 1. The Kier molecular flexibility index (Phi) is 5.05. The second-order valence-electron chi connectivity index (χ2n) is 4.31. The first-order valence-corrected chi connectivity index (χ1v) is 6.96. The van der Waals surface area contributed by atoms with Gasteiger partial charge in [-0.05, 0) is 19.1 Å². The maximum absolute atomic E-state index is 13.1. The van der Waals surface area contributed by atoms with Gasteiger partial charge in [0.15, 0.2) is 5.75 Å². The molecule has 0 fully saturated rings. The van der Waals surface area contributed by atoms with Crippen LogP contribution >= 0.6 is 23.2 Å². The normalized spacial score (nSPS) is 10.4. The number of amides is 1. The van der Waals surface area contributed by atoms with E-state index in [1.54, 1.807) is 13.0 Å². The van der Waals surface area contributed by atoms with E-state index in [0.717, 1.165) is 16.8 Å². The summed E-state index contributed by atoms with van der Waals surface area (Å²) < 4.78 is 19.7. The fourth-order valence-corrected chi connectivity index (χ4v) is 2.20. The van der Waals surface area contributed by atoms with Crippen LogP contribution in [0.25, 0.3) is 0 Å². The third kappa shape index (κ3) is 3.58. The summed E-state index contributed by atoms with van der Waals surface area (Å²) >= 11 is 11.8. The molecule has 0 aliphatic heterocycles. The van der Waals surface area contributed by atoms with E-state index >= 15 is 0 Å². The van der Waals surface area contributed by atoms with Crippen LogP contribution in [0.4, 0.5) is 9.18 Å². The number of benzene rings is 1. The van der Waals surface area contributed by atoms with Gasteiger partial charge in [0.2, 0.25) is 5.88 Å². The van der Waals surface area contributed by atoms with Crippen LogP contribution in [0.5, 0.6) is 11.6 Å². The molecule has 2 rings (SSSR count). The fourth-order valence-electron chi connectivity index (χ4n) is 1.67. The first kappa shape index (κ1) is 16.3. The molecule has 1 N–H and O–H groups in total. The van der Waals surface area contributed by atoms with Gasteiger partial charge in [-0.25, -0.2) is 9.18 Å². The molecule has 8 heteroatoms. The van der Waals surface area contributed by atoms with Gasteiger partial charge >= 0.3 is 6.03 Å². The third-order valence-electron chi connectivity index (χ3n) is 2.62. The van der Waals surface area contributed by atoms with E-state index in [9.17, 15) is 9.18 Å². The number of carbonyl (C=O) groups is 1. The van der Waals surface area contributed by atoms with Crippen molar-refractivity contribution < 1.29 is 13.9 Å². The lowest BCUT2D eigenvalue weighted by Gasteiger charge is -2.07. The van der Waals surface area contributed by atoms with Crippen molar-refractivity contribution in [2.24, 2.45) is 0 Å². The van der Waals surface area contributed by atoms with Gasteiger partial charge in [-0.3, -0.25) is 0 Å². The SMILES string of the molecule is C=CCNC(=O)n1nc(Oc2c(Cl)cc(F)cc2Cl)cc1C. The van der Waals surface area contributed by atoms with Crippen molar-refractivity contribution in [2.45, 2.75) is 6.92 Å². The summed E-state index contributed by atoms with van der Waals surface area (Å²) in [5, 5.41) is 6.60. The minimum absolute atomic E-state index is 0.00770. The highest BCUT2D eigenvalue weighted by molar-refractivity contribution is 6.37. The van der Waals surface area contributed by atoms with Gasteiger partial charge < -0.3 is 10.1 Å². The summed E-state index contributed by atoms with van der Waals surface area (Å²) in [4.78, 5) is 11.9. The van der Waals surface area contributed by atoms with Crippen molar-refractivity contribution >= 4 is 29.2 Å². The molecule has 0 spiro atoms. The number of rotatable bonds is 4. The van der Waals surface area contributed by atoms with Gasteiger partial charge in [-0.1, -0.05) is 29.3 Å². The number of aryl methyl sites for hydroxylation is 1. The second-order valence-corrected chi connectivity index (χ2v) is 5.13. The quantitative estimate of drug-likeness (QED) is 0.847. The molecule has 0 unspecified atom stereocenters. The topological polar surface area (TPSA) is 56.2 Å². The van der Waals surface area contributed by atoms with Crippen molar-refractivity contribution in [2.75, 3.05) is 6.54 Å². The van der Waals surface area contributed by atoms with Gasteiger partial charge in [-0.15, -0.1) is 11.7 Å². The van der Waals surface area contributed by atoms with E-state index in [4.69, 9.17) is 27.9 Å². The molecule has 1 aromatic heterocycles. The van der Waals surface area contributed by atoms with Crippen molar-refractivity contribution in [1.29, 1.82) is 0 Å². The Morgan fingerprint density at radius 2 is 2.09 bits per heavy atom. The Bertz CT molecular complexity index is 708. The average molecular weight is 344 g/mol. The maximum Gasteiger partial charge on any atom is 0.342 e. The summed E-state index contributed by atoms with van der Waals surface area (Å²) in [5.74, 6) is -0.393. The number of aromatic nitrogens is 2. The van der Waals surface area contributed by atoms with Crippen molar-refractivity contribution in [1.82, 2.24) is 15.1 Å². The highest BCUT2D eigenvalue weighted by atomic mass is 35.5. The first-order valence-electron chi connectivity index (χ1n) is 6.20. The van der Waals surface area contributed by atoms with Crippen LogP contribution in [0, 0.1) is 12.7 Å². The Hall–Kier alpha value is -2.05. The molecule has 0 aliphatic carbocycles. The number of hydrogen-bond acceptors (Lipinski definition) is 3. The van der Waals surface area contributed by atoms with E-state index in [0.29, 0.717) is 12.2 Å². The largest absolute Gasteiger partial charge is 0.434 e. The van der Waals surface area contributed by atoms with Crippen LogP contribution in [-0.2, 0) is 0 Å². The minimum atomic E-state index is -0.576. The van der Waals surface area contributed by atoms with Crippen molar-refractivity contribution in [3.63, 3.8) is 0 Å². The van der Waals surface area contributed by atoms with E-state index in [-0.39, 0.29) is 21.7 Å². The molecular formula is C14H12Cl2FN3O2. The van der Waals surface area contributed by atoms with Crippen LogP contribution in [0.15, 0.2) is 30.9 Å².